The fraction of sp³-hybridized carbons (Fsp3) is 0.600. The summed E-state index contributed by atoms with van der Waals surface area (Å²) in [6.45, 7) is 2.59. The molecule has 0 rings (SSSR count). The highest BCUT2D eigenvalue weighted by Gasteiger charge is 2.01. The first-order valence-electron chi connectivity index (χ1n) is 2.52. The van der Waals surface area contributed by atoms with Crippen LogP contribution < -0.4 is 10.4 Å². The summed E-state index contributed by atoms with van der Waals surface area (Å²) in [5.41, 5.74) is 0. The topological polar surface area (TPSA) is 69.2 Å². The molecule has 4 nitrogen and oxygen atoms in total. The Morgan fingerprint density at radius 2 is 2.00 bits per heavy atom. The first kappa shape index (κ1) is 7.94. The average Bonchev–Trinajstić information content (AvgIpc) is 1.63. The molecule has 0 aliphatic heterocycles. The number of nitrogens with one attached hydrogen (secondary N) is 1. The highest BCUT2D eigenvalue weighted by Crippen LogP contribution is 1.75. The lowest BCUT2D eigenvalue weighted by Gasteiger charge is -2.11. The number of hydrogen-bond acceptors (Lipinski definition) is 3. The SMILES string of the molecule is CC(=O)N[C@@H](C)C(=O)[O-]. The van der Waals surface area contributed by atoms with E-state index in [4.69, 9.17) is 0 Å². The predicted molar refractivity (Wildman–Crippen MR) is 28.3 cm³/mol. The summed E-state index contributed by atoms with van der Waals surface area (Å²) in [5, 5.41) is 12.1. The first-order chi connectivity index (χ1) is 4.04. The Balaban J connectivity index is 3.63. The van der Waals surface area contributed by atoms with Crippen molar-refractivity contribution < 1.29 is 14.7 Å². The maximum absolute atomic E-state index is 10.2. The fourth-order valence-electron chi connectivity index (χ4n) is 0.364. The zero-order chi connectivity index (χ0) is 7.44. The normalized spacial score (nSPS) is 12.2. The standard InChI is InChI=1S/C5H9NO3/c1-3(5(8)9)6-4(2)7/h3H,1-2H3,(H,6,7)(H,8,9)/p-1/t3-/m0/s1. The van der Waals surface area contributed by atoms with Crippen molar-refractivity contribution in [2.24, 2.45) is 0 Å². The van der Waals surface area contributed by atoms with Crippen LogP contribution >= 0.6 is 0 Å². The zero-order valence-corrected chi connectivity index (χ0v) is 5.30. The molecule has 9 heavy (non-hydrogen) atoms. The van der Waals surface area contributed by atoms with Crippen LogP contribution in [0.25, 0.3) is 0 Å². The van der Waals surface area contributed by atoms with Crippen molar-refractivity contribution in [1.29, 1.82) is 0 Å². The Morgan fingerprint density at radius 3 is 2.11 bits per heavy atom. The van der Waals surface area contributed by atoms with Crippen molar-refractivity contribution in [2.45, 2.75) is 19.9 Å². The minimum absolute atomic E-state index is 0.369. The molecule has 0 aliphatic rings. The molecule has 0 spiro atoms. The van der Waals surface area contributed by atoms with E-state index in [2.05, 4.69) is 5.32 Å². The molecule has 0 unspecified atom stereocenters. The van der Waals surface area contributed by atoms with E-state index in [1.807, 2.05) is 0 Å². The third-order valence-corrected chi connectivity index (χ3v) is 0.773. The molecule has 0 aliphatic carbocycles. The highest BCUT2D eigenvalue weighted by atomic mass is 16.4. The van der Waals surface area contributed by atoms with Gasteiger partial charge in [-0.1, -0.05) is 0 Å². The molecule has 4 heteroatoms. The Morgan fingerprint density at radius 1 is 1.56 bits per heavy atom. The van der Waals surface area contributed by atoms with E-state index in [0.717, 1.165) is 0 Å². The summed E-state index contributed by atoms with van der Waals surface area (Å²) in [6, 6.07) is -0.900. The van der Waals surface area contributed by atoms with Crippen LogP contribution in [0, 0.1) is 0 Å². The van der Waals surface area contributed by atoms with Crippen LogP contribution in [0.5, 0.6) is 0 Å². The van der Waals surface area contributed by atoms with E-state index in [1.54, 1.807) is 0 Å². The molecule has 1 atom stereocenters. The Kier molecular flexibility index (Phi) is 2.70. The molecular weight excluding hydrogens is 122 g/mol. The van der Waals surface area contributed by atoms with E-state index in [-0.39, 0.29) is 5.91 Å². The van der Waals surface area contributed by atoms with Gasteiger partial charge in [-0.2, -0.15) is 0 Å². The number of carboxylic acid groups (broad SMARTS) is 1. The third-order valence-electron chi connectivity index (χ3n) is 0.773. The molecule has 0 aromatic heterocycles. The van der Waals surface area contributed by atoms with Crippen LogP contribution in [0.1, 0.15) is 13.8 Å². The molecule has 0 aromatic rings. The lowest BCUT2D eigenvalue weighted by Crippen LogP contribution is -2.45. The van der Waals surface area contributed by atoms with Crippen LogP contribution in [-0.4, -0.2) is 17.9 Å². The van der Waals surface area contributed by atoms with Crippen LogP contribution in [0.3, 0.4) is 0 Å². The summed E-state index contributed by atoms with van der Waals surface area (Å²) in [5.74, 6) is -1.64. The molecule has 0 aromatic carbocycles. The maximum Gasteiger partial charge on any atom is 0.217 e. The summed E-state index contributed by atoms with van der Waals surface area (Å²) in [7, 11) is 0. The molecule has 1 amide bonds. The second-order valence-electron chi connectivity index (χ2n) is 1.74. The van der Waals surface area contributed by atoms with Gasteiger partial charge in [-0.05, 0) is 6.92 Å². The smallest absolute Gasteiger partial charge is 0.217 e. The molecule has 0 fully saturated rings. The van der Waals surface area contributed by atoms with Gasteiger partial charge in [-0.15, -0.1) is 0 Å². The van der Waals surface area contributed by atoms with Gasteiger partial charge in [0.2, 0.25) is 5.91 Å². The number of amides is 1. The first-order valence-corrected chi connectivity index (χ1v) is 2.52. The second kappa shape index (κ2) is 3.06. The van der Waals surface area contributed by atoms with Gasteiger partial charge in [0.15, 0.2) is 0 Å². The second-order valence-corrected chi connectivity index (χ2v) is 1.74. The summed E-state index contributed by atoms with van der Waals surface area (Å²) in [6.07, 6.45) is 0. The zero-order valence-electron chi connectivity index (χ0n) is 5.30. The number of aliphatic carboxylic acids is 1. The average molecular weight is 130 g/mol. The predicted octanol–water partition coefficient (Wildman–Crippen LogP) is -1.74. The van der Waals surface area contributed by atoms with Crippen molar-refractivity contribution >= 4 is 11.9 Å². The van der Waals surface area contributed by atoms with Crippen LogP contribution in [0.2, 0.25) is 0 Å². The number of carbonyl (C=O) groups excluding carboxylic acids is 2. The van der Waals surface area contributed by atoms with Gasteiger partial charge in [-0.3, -0.25) is 4.79 Å². The maximum atomic E-state index is 10.2. The molecule has 0 radical (unpaired) electrons. The van der Waals surface area contributed by atoms with Crippen LogP contribution in [0.15, 0.2) is 0 Å². The molecule has 0 bridgehead atoms. The lowest BCUT2D eigenvalue weighted by molar-refractivity contribution is -0.307. The van der Waals surface area contributed by atoms with Crippen molar-refractivity contribution in [2.75, 3.05) is 0 Å². The Hall–Kier alpha value is -1.06. The van der Waals surface area contributed by atoms with E-state index >= 15 is 0 Å². The molecule has 0 saturated carbocycles. The number of carboxylic acids is 1. The third kappa shape index (κ3) is 3.52. The quantitative estimate of drug-likeness (QED) is 0.482. The summed E-state index contributed by atoms with van der Waals surface area (Å²) < 4.78 is 0. The molecule has 52 valence electrons. The van der Waals surface area contributed by atoms with Gasteiger partial charge in [0.1, 0.15) is 0 Å². The summed E-state index contributed by atoms with van der Waals surface area (Å²) in [4.78, 5) is 20.1. The van der Waals surface area contributed by atoms with Crippen molar-refractivity contribution in [3.05, 3.63) is 0 Å². The van der Waals surface area contributed by atoms with Gasteiger partial charge in [0.25, 0.3) is 0 Å². The Bertz CT molecular complexity index is 132. The largest absolute Gasteiger partial charge is 0.548 e. The Labute approximate surface area is 52.9 Å². The monoisotopic (exact) mass is 130 g/mol. The summed E-state index contributed by atoms with van der Waals surface area (Å²) >= 11 is 0. The fourth-order valence-corrected chi connectivity index (χ4v) is 0.364. The van der Waals surface area contributed by atoms with Crippen molar-refractivity contribution in [3.8, 4) is 0 Å². The lowest BCUT2D eigenvalue weighted by atomic mass is 10.3. The van der Waals surface area contributed by atoms with Gasteiger partial charge in [0.05, 0.1) is 12.0 Å². The minimum Gasteiger partial charge on any atom is -0.548 e. The molecule has 0 saturated heterocycles. The van der Waals surface area contributed by atoms with Gasteiger partial charge in [-0.25, -0.2) is 0 Å². The van der Waals surface area contributed by atoms with E-state index in [0.29, 0.717) is 0 Å². The molecular formula is C5H8NO3-. The number of carbonyl (C=O) groups is 2. The van der Waals surface area contributed by atoms with Crippen LogP contribution in [-0.2, 0) is 9.59 Å². The van der Waals surface area contributed by atoms with Crippen molar-refractivity contribution in [3.63, 3.8) is 0 Å². The van der Waals surface area contributed by atoms with E-state index < -0.39 is 12.0 Å². The minimum atomic E-state index is -1.27. The van der Waals surface area contributed by atoms with E-state index in [9.17, 15) is 14.7 Å². The number of hydrogen-bond donors (Lipinski definition) is 1. The van der Waals surface area contributed by atoms with E-state index in [1.165, 1.54) is 13.8 Å². The highest BCUT2D eigenvalue weighted by molar-refractivity contribution is 5.80. The molecule has 1 N–H and O–H groups in total. The van der Waals surface area contributed by atoms with Crippen molar-refractivity contribution in [1.82, 2.24) is 5.32 Å². The van der Waals surface area contributed by atoms with Crippen LogP contribution in [0.4, 0.5) is 0 Å². The van der Waals surface area contributed by atoms with Gasteiger partial charge in [0, 0.05) is 6.92 Å². The van der Waals surface area contributed by atoms with Gasteiger partial charge >= 0.3 is 0 Å². The van der Waals surface area contributed by atoms with Gasteiger partial charge < -0.3 is 15.2 Å². The number of rotatable bonds is 2. The molecule has 0 heterocycles.